The Morgan fingerprint density at radius 2 is 1.84 bits per heavy atom. The second-order valence-corrected chi connectivity index (χ2v) is 18.6. The number of carbonyl (C=O) groups is 4. The number of nitrogen functional groups attached to an aromatic ring is 1. The molecule has 2 unspecified atom stereocenters. The lowest BCUT2D eigenvalue weighted by Crippen LogP contribution is -2.61. The van der Waals surface area contributed by atoms with Crippen LogP contribution in [0.1, 0.15) is 80.6 Å². The van der Waals surface area contributed by atoms with Crippen molar-refractivity contribution in [1.29, 1.82) is 0 Å². The van der Waals surface area contributed by atoms with Crippen LogP contribution in [0, 0.1) is 17.8 Å². The molecular weight excluding hydrogens is 827 g/mol. The number of esters is 1. The number of anilines is 1. The van der Waals surface area contributed by atoms with Crippen molar-refractivity contribution in [2.75, 3.05) is 53.1 Å². The molecule has 3 aliphatic heterocycles. The van der Waals surface area contributed by atoms with Crippen molar-refractivity contribution in [3.05, 3.63) is 30.5 Å². The van der Waals surface area contributed by atoms with E-state index in [0.717, 1.165) is 5.56 Å². The summed E-state index contributed by atoms with van der Waals surface area (Å²) in [5, 5.41) is 26.7. The van der Waals surface area contributed by atoms with E-state index in [0.29, 0.717) is 63.1 Å². The zero-order valence-corrected chi connectivity index (χ0v) is 39.3. The molecule has 0 saturated carbocycles. The molecule has 2 aromatic rings. The predicted octanol–water partition coefficient (Wildman–Crippen LogP) is 2.34. The molecule has 64 heavy (non-hydrogen) atoms. The fraction of sp³-hybridized carbons (Fsp3) is 0.733. The molecule has 5 rings (SSSR count). The number of amides is 2. The number of aryl methyl sites for hydroxylation is 1. The van der Waals surface area contributed by atoms with E-state index in [4.69, 9.17) is 35.2 Å². The summed E-state index contributed by atoms with van der Waals surface area (Å²) in [4.78, 5) is 58.2. The number of methoxy groups -OCH3 is 1. The monoisotopic (exact) mass is 900 g/mol. The lowest BCUT2D eigenvalue weighted by Gasteiger charge is -2.47. The van der Waals surface area contributed by atoms with Crippen molar-refractivity contribution in [1.82, 2.24) is 35.4 Å². The molecule has 3 aliphatic rings. The molecule has 19 heteroatoms. The Labute approximate surface area is 377 Å². The number of aromatic nitrogens is 3. The zero-order chi connectivity index (χ0) is 47.1. The Bertz CT molecular complexity index is 1900. The number of ketones is 1. The molecule has 3 fully saturated rings. The molecular formula is C45H73N9O10. The quantitative estimate of drug-likeness (QED) is 0.0790. The normalized spacial score (nSPS) is 34.4. The molecule has 0 bridgehead atoms. The first kappa shape index (κ1) is 50.8. The van der Waals surface area contributed by atoms with Crippen LogP contribution < -0.4 is 22.1 Å². The largest absolute Gasteiger partial charge is 0.458 e. The number of nitrogens with zero attached hydrogens (tertiary/aromatic N) is 5. The smallest absolute Gasteiger partial charge is 0.410 e. The number of nitrogens with one attached hydrogen (secondary N) is 2. The number of unbranched alkanes of at least 4 members (excludes halogenated alkanes) is 1. The van der Waals surface area contributed by atoms with Gasteiger partial charge in [0, 0.05) is 56.0 Å². The second kappa shape index (κ2) is 21.8. The molecule has 7 N–H and O–H groups in total. The average Bonchev–Trinajstić information content (AvgIpc) is 3.84. The summed E-state index contributed by atoms with van der Waals surface area (Å²) in [6.45, 7) is 14.1. The van der Waals surface area contributed by atoms with Gasteiger partial charge in [-0.25, -0.2) is 4.79 Å². The van der Waals surface area contributed by atoms with E-state index in [1.165, 1.54) is 6.92 Å². The molecule has 0 spiro atoms. The SMILES string of the molecule is CC[C@H]1OC(=O)[C@H](C)C(=O)[C@H](C)[C@@H](O[C@@H]2O[C@H](CNC(=O)CN)CC(N(C)C)C2O)[C@](C)(OC)C[C@@H](C)CN[C@H](C)[C@H]2N(CCCCn3cc(-c4cccc(N)c4)nn3)C(=O)O[C@]12C. The molecule has 1 aromatic carbocycles. The number of aliphatic hydroxyl groups is 1. The van der Waals surface area contributed by atoms with Crippen LogP contribution in [0.4, 0.5) is 10.5 Å². The number of aliphatic hydroxyl groups excluding tert-OH is 1. The Hall–Kier alpha value is -4.24. The Morgan fingerprint density at radius 1 is 1.12 bits per heavy atom. The molecule has 1 aromatic heterocycles. The van der Waals surface area contributed by atoms with Crippen molar-refractivity contribution < 1.29 is 48.0 Å². The molecule has 3 saturated heterocycles. The summed E-state index contributed by atoms with van der Waals surface area (Å²) in [6.07, 6.45) is -1.02. The van der Waals surface area contributed by atoms with Gasteiger partial charge in [-0.1, -0.05) is 38.1 Å². The predicted molar refractivity (Wildman–Crippen MR) is 238 cm³/mol. The van der Waals surface area contributed by atoms with E-state index in [-0.39, 0.29) is 31.0 Å². The van der Waals surface area contributed by atoms with Crippen LogP contribution in [0.15, 0.2) is 30.5 Å². The van der Waals surface area contributed by atoms with Gasteiger partial charge in [0.2, 0.25) is 5.91 Å². The fourth-order valence-corrected chi connectivity index (χ4v) is 9.77. The van der Waals surface area contributed by atoms with Crippen molar-refractivity contribution in [2.24, 2.45) is 23.5 Å². The first-order valence-electron chi connectivity index (χ1n) is 22.7. The minimum atomic E-state index is -1.27. The number of cyclic esters (lactones) is 1. The lowest BCUT2D eigenvalue weighted by molar-refractivity contribution is -0.296. The van der Waals surface area contributed by atoms with Crippen LogP contribution in [0.25, 0.3) is 11.3 Å². The topological polar surface area (TPSA) is 248 Å². The van der Waals surface area contributed by atoms with Gasteiger partial charge in [-0.2, -0.15) is 0 Å². The first-order chi connectivity index (χ1) is 30.3. The summed E-state index contributed by atoms with van der Waals surface area (Å²) in [7, 11) is 5.22. The highest BCUT2D eigenvalue weighted by Crippen LogP contribution is 2.40. The van der Waals surface area contributed by atoms with Crippen LogP contribution in [0.5, 0.6) is 0 Å². The average molecular weight is 900 g/mol. The number of fused-ring (bicyclic) bond motifs is 1. The van der Waals surface area contributed by atoms with Crippen LogP contribution in [-0.4, -0.2) is 161 Å². The van der Waals surface area contributed by atoms with Gasteiger partial charge in [-0.15, -0.1) is 5.10 Å². The highest BCUT2D eigenvalue weighted by molar-refractivity contribution is 6.00. The van der Waals surface area contributed by atoms with Gasteiger partial charge in [0.1, 0.15) is 23.8 Å². The first-order valence-corrected chi connectivity index (χ1v) is 22.7. The van der Waals surface area contributed by atoms with Gasteiger partial charge in [-0.05, 0) is 98.5 Å². The van der Waals surface area contributed by atoms with Crippen molar-refractivity contribution >= 4 is 29.4 Å². The number of benzene rings is 1. The van der Waals surface area contributed by atoms with Crippen molar-refractivity contribution in [3.8, 4) is 11.3 Å². The second-order valence-electron chi connectivity index (χ2n) is 18.6. The third kappa shape index (κ3) is 11.6. The van der Waals surface area contributed by atoms with E-state index in [1.807, 2.05) is 70.2 Å². The highest BCUT2D eigenvalue weighted by Gasteiger charge is 2.58. The number of carbonyl (C=O) groups excluding carboxylic acids is 4. The molecule has 2 amide bonds. The minimum Gasteiger partial charge on any atom is -0.458 e. The van der Waals surface area contributed by atoms with E-state index in [1.54, 1.807) is 30.5 Å². The number of hydrogen-bond donors (Lipinski definition) is 5. The number of nitrogens with two attached hydrogens (primary N) is 2. The van der Waals surface area contributed by atoms with Crippen LogP contribution in [0.2, 0.25) is 0 Å². The fourth-order valence-electron chi connectivity index (χ4n) is 9.77. The number of Topliss-reactive ketones (excluding diaryl/α,β-unsaturated/α-hetero) is 1. The Kier molecular flexibility index (Phi) is 17.3. The van der Waals surface area contributed by atoms with Gasteiger partial charge in [0.05, 0.1) is 36.6 Å². The van der Waals surface area contributed by atoms with Gasteiger partial charge in [-0.3, -0.25) is 24.0 Å². The summed E-state index contributed by atoms with van der Waals surface area (Å²) < 4.78 is 33.5. The van der Waals surface area contributed by atoms with Gasteiger partial charge in [0.25, 0.3) is 0 Å². The van der Waals surface area contributed by atoms with E-state index < -0.39 is 83.7 Å². The van der Waals surface area contributed by atoms with E-state index in [9.17, 15) is 24.3 Å². The summed E-state index contributed by atoms with van der Waals surface area (Å²) in [5.74, 6) is -3.84. The van der Waals surface area contributed by atoms with Gasteiger partial charge < -0.3 is 55.8 Å². The van der Waals surface area contributed by atoms with E-state index >= 15 is 0 Å². The molecule has 0 radical (unpaired) electrons. The maximum absolute atomic E-state index is 14.5. The Morgan fingerprint density at radius 3 is 2.50 bits per heavy atom. The van der Waals surface area contributed by atoms with Gasteiger partial charge in [0.15, 0.2) is 17.7 Å². The molecule has 19 nitrogen and oxygen atoms in total. The van der Waals surface area contributed by atoms with Crippen molar-refractivity contribution in [2.45, 2.75) is 147 Å². The molecule has 0 aliphatic carbocycles. The number of rotatable bonds is 14. The summed E-state index contributed by atoms with van der Waals surface area (Å²) >= 11 is 0. The number of ether oxygens (including phenoxy) is 5. The summed E-state index contributed by atoms with van der Waals surface area (Å²) in [6, 6.07) is 6.16. The molecule has 4 heterocycles. The summed E-state index contributed by atoms with van der Waals surface area (Å²) in [5.41, 5.74) is 11.3. The Balaban J connectivity index is 1.38. The number of hydrogen-bond acceptors (Lipinski definition) is 16. The third-order valence-corrected chi connectivity index (χ3v) is 13.4. The molecule has 13 atom stereocenters. The maximum atomic E-state index is 14.5. The minimum absolute atomic E-state index is 0.0771. The number of likely N-dealkylation sites (N-methyl/N-ethyl adjacent to an activating group) is 1. The van der Waals surface area contributed by atoms with Crippen LogP contribution in [0.3, 0.4) is 0 Å². The van der Waals surface area contributed by atoms with Crippen LogP contribution in [-0.2, 0) is 44.6 Å². The molecule has 358 valence electrons. The van der Waals surface area contributed by atoms with Gasteiger partial charge >= 0.3 is 12.1 Å². The lowest BCUT2D eigenvalue weighted by atomic mass is 9.78. The standard InChI is InChI=1S/C45H73N9O10/c1-11-35-45(7)39(54(43(59)64-45)18-13-12-17-53-25-33(50-51-53)30-15-14-16-31(47)19-30)29(5)48-23-26(2)21-44(6,60-10)40(27(3)37(56)28(4)41(58)62-35)63-42-38(57)34(52(8)9)20-32(61-42)24-49-36(55)22-46/h14-16,19,25-29,32,34-35,38-40,42,48,57H,11-13,17-18,20-24,46-47H2,1-10H3,(H,49,55)/t26-,27+,28-,29-,32+,34?,35-,38?,39-,40-,42+,44-,45-/m1/s1. The van der Waals surface area contributed by atoms with Crippen LogP contribution >= 0.6 is 0 Å². The maximum Gasteiger partial charge on any atom is 0.410 e. The zero-order valence-electron chi connectivity index (χ0n) is 39.3. The highest BCUT2D eigenvalue weighted by atomic mass is 16.7. The third-order valence-electron chi connectivity index (χ3n) is 13.4. The van der Waals surface area contributed by atoms with E-state index in [2.05, 4.69) is 27.9 Å². The van der Waals surface area contributed by atoms with Crippen molar-refractivity contribution in [3.63, 3.8) is 0 Å².